The van der Waals surface area contributed by atoms with Crippen LogP contribution in [0.1, 0.15) is 45.1 Å². The highest BCUT2D eigenvalue weighted by Gasteiger charge is 2.28. The molecule has 106 valence electrons. The SMILES string of the molecule is CC1CCC(N(C)CC(C)(N)c2ccccc2)CC1. The Bertz CT molecular complexity index is 378. The first-order valence-electron chi connectivity index (χ1n) is 7.53. The fourth-order valence-electron chi connectivity index (χ4n) is 3.24. The minimum absolute atomic E-state index is 0.265. The second-order valence-electron chi connectivity index (χ2n) is 6.61. The molecule has 2 nitrogen and oxygen atoms in total. The van der Waals surface area contributed by atoms with E-state index in [-0.39, 0.29) is 5.54 Å². The van der Waals surface area contributed by atoms with E-state index >= 15 is 0 Å². The van der Waals surface area contributed by atoms with Crippen LogP contribution in [-0.2, 0) is 5.54 Å². The lowest BCUT2D eigenvalue weighted by molar-refractivity contribution is 0.143. The van der Waals surface area contributed by atoms with Crippen molar-refractivity contribution >= 4 is 0 Å². The van der Waals surface area contributed by atoms with E-state index in [1.165, 1.54) is 31.2 Å². The Labute approximate surface area is 118 Å². The van der Waals surface area contributed by atoms with Crippen LogP contribution in [0.5, 0.6) is 0 Å². The van der Waals surface area contributed by atoms with Crippen LogP contribution in [-0.4, -0.2) is 24.5 Å². The Kier molecular flexibility index (Phi) is 4.64. The Hall–Kier alpha value is -0.860. The van der Waals surface area contributed by atoms with Gasteiger partial charge < -0.3 is 10.6 Å². The summed E-state index contributed by atoms with van der Waals surface area (Å²) in [5.74, 6) is 0.906. The van der Waals surface area contributed by atoms with Crippen LogP contribution in [0.25, 0.3) is 0 Å². The minimum atomic E-state index is -0.265. The van der Waals surface area contributed by atoms with Gasteiger partial charge in [0, 0.05) is 12.6 Å². The smallest absolute Gasteiger partial charge is 0.0509 e. The average molecular weight is 260 g/mol. The summed E-state index contributed by atoms with van der Waals surface area (Å²) in [5.41, 5.74) is 7.49. The number of likely N-dealkylation sites (N-methyl/N-ethyl adjacent to an activating group) is 1. The Morgan fingerprint density at radius 3 is 2.32 bits per heavy atom. The molecular weight excluding hydrogens is 232 g/mol. The highest BCUT2D eigenvalue weighted by Crippen LogP contribution is 2.28. The third-order valence-corrected chi connectivity index (χ3v) is 4.62. The predicted octanol–water partition coefficient (Wildman–Crippen LogP) is 3.37. The van der Waals surface area contributed by atoms with Crippen molar-refractivity contribution in [3.63, 3.8) is 0 Å². The molecule has 0 heterocycles. The van der Waals surface area contributed by atoms with E-state index < -0.39 is 0 Å². The van der Waals surface area contributed by atoms with Crippen molar-refractivity contribution in [1.29, 1.82) is 0 Å². The van der Waals surface area contributed by atoms with Crippen molar-refractivity contribution in [3.8, 4) is 0 Å². The van der Waals surface area contributed by atoms with Crippen molar-refractivity contribution in [2.75, 3.05) is 13.6 Å². The van der Waals surface area contributed by atoms with Gasteiger partial charge in [-0.3, -0.25) is 0 Å². The van der Waals surface area contributed by atoms with Crippen molar-refractivity contribution in [3.05, 3.63) is 35.9 Å². The van der Waals surface area contributed by atoms with Crippen LogP contribution in [0.3, 0.4) is 0 Å². The zero-order chi connectivity index (χ0) is 13.9. The minimum Gasteiger partial charge on any atom is -0.321 e. The van der Waals surface area contributed by atoms with Crippen molar-refractivity contribution in [2.45, 2.75) is 51.1 Å². The molecule has 1 atom stereocenters. The maximum atomic E-state index is 6.53. The molecule has 1 unspecified atom stereocenters. The normalized spacial score (nSPS) is 27.2. The van der Waals surface area contributed by atoms with Crippen LogP contribution in [0, 0.1) is 5.92 Å². The monoisotopic (exact) mass is 260 g/mol. The third kappa shape index (κ3) is 3.80. The highest BCUT2D eigenvalue weighted by atomic mass is 15.1. The summed E-state index contributed by atoms with van der Waals surface area (Å²) in [6.45, 7) is 5.44. The standard InChI is InChI=1S/C17H28N2/c1-14-9-11-16(12-10-14)19(3)13-17(2,18)15-7-5-4-6-8-15/h4-8,14,16H,9-13,18H2,1-3H3. The van der Waals surface area contributed by atoms with Crippen LogP contribution >= 0.6 is 0 Å². The lowest BCUT2D eigenvalue weighted by atomic mass is 9.85. The average Bonchev–Trinajstić information content (AvgIpc) is 2.40. The van der Waals surface area contributed by atoms with Gasteiger partial charge in [-0.05, 0) is 51.1 Å². The number of rotatable bonds is 4. The fourth-order valence-corrected chi connectivity index (χ4v) is 3.24. The molecule has 1 aromatic carbocycles. The Morgan fingerprint density at radius 1 is 1.16 bits per heavy atom. The van der Waals surface area contributed by atoms with Gasteiger partial charge >= 0.3 is 0 Å². The highest BCUT2D eigenvalue weighted by molar-refractivity contribution is 5.23. The predicted molar refractivity (Wildman–Crippen MR) is 82.0 cm³/mol. The van der Waals surface area contributed by atoms with Gasteiger partial charge in [0.1, 0.15) is 0 Å². The first-order valence-corrected chi connectivity index (χ1v) is 7.53. The van der Waals surface area contributed by atoms with Gasteiger partial charge in [0.2, 0.25) is 0 Å². The molecule has 0 aliphatic heterocycles. The molecule has 19 heavy (non-hydrogen) atoms. The topological polar surface area (TPSA) is 29.3 Å². The van der Waals surface area contributed by atoms with Gasteiger partial charge in [-0.1, -0.05) is 37.3 Å². The first-order chi connectivity index (χ1) is 8.99. The molecule has 0 radical (unpaired) electrons. The maximum Gasteiger partial charge on any atom is 0.0509 e. The molecule has 0 saturated heterocycles. The van der Waals surface area contributed by atoms with Crippen LogP contribution < -0.4 is 5.73 Å². The van der Waals surface area contributed by atoms with E-state index in [2.05, 4.69) is 50.1 Å². The number of hydrogen-bond acceptors (Lipinski definition) is 2. The van der Waals surface area contributed by atoms with Gasteiger partial charge in [-0.25, -0.2) is 0 Å². The lowest BCUT2D eigenvalue weighted by Crippen LogP contribution is -2.48. The van der Waals surface area contributed by atoms with Crippen molar-refractivity contribution < 1.29 is 0 Å². The molecular formula is C17H28N2. The summed E-state index contributed by atoms with van der Waals surface area (Å²) in [6, 6.07) is 11.2. The second-order valence-corrected chi connectivity index (χ2v) is 6.61. The Balaban J connectivity index is 1.96. The quantitative estimate of drug-likeness (QED) is 0.899. The van der Waals surface area contributed by atoms with Gasteiger partial charge in [-0.2, -0.15) is 0 Å². The summed E-state index contributed by atoms with van der Waals surface area (Å²) < 4.78 is 0. The van der Waals surface area contributed by atoms with Gasteiger partial charge in [0.25, 0.3) is 0 Å². The van der Waals surface area contributed by atoms with Crippen LogP contribution in [0.4, 0.5) is 0 Å². The zero-order valence-corrected chi connectivity index (χ0v) is 12.6. The summed E-state index contributed by atoms with van der Waals surface area (Å²) in [6.07, 6.45) is 5.37. The van der Waals surface area contributed by atoms with E-state index in [0.717, 1.165) is 12.5 Å². The number of hydrogen-bond donors (Lipinski definition) is 1. The number of benzene rings is 1. The van der Waals surface area contributed by atoms with Crippen LogP contribution in [0.15, 0.2) is 30.3 Å². The molecule has 0 bridgehead atoms. The van der Waals surface area contributed by atoms with E-state index in [0.29, 0.717) is 6.04 Å². The molecule has 1 aliphatic carbocycles. The molecule has 1 saturated carbocycles. The first kappa shape index (κ1) is 14.5. The van der Waals surface area contributed by atoms with Crippen molar-refractivity contribution in [1.82, 2.24) is 4.90 Å². The van der Waals surface area contributed by atoms with Crippen LogP contribution in [0.2, 0.25) is 0 Å². The molecule has 2 rings (SSSR count). The molecule has 2 N–H and O–H groups in total. The summed E-state index contributed by atoms with van der Waals surface area (Å²) in [7, 11) is 2.23. The van der Waals surface area contributed by atoms with Crippen molar-refractivity contribution in [2.24, 2.45) is 11.7 Å². The zero-order valence-electron chi connectivity index (χ0n) is 12.6. The molecule has 0 amide bonds. The molecule has 1 fully saturated rings. The van der Waals surface area contributed by atoms with Gasteiger partial charge in [0.05, 0.1) is 5.54 Å². The summed E-state index contributed by atoms with van der Waals surface area (Å²) >= 11 is 0. The Morgan fingerprint density at radius 2 is 1.74 bits per heavy atom. The van der Waals surface area contributed by atoms with E-state index in [9.17, 15) is 0 Å². The lowest BCUT2D eigenvalue weighted by Gasteiger charge is -2.38. The van der Waals surface area contributed by atoms with E-state index in [1.54, 1.807) is 0 Å². The maximum absolute atomic E-state index is 6.53. The van der Waals surface area contributed by atoms with E-state index in [1.807, 2.05) is 6.07 Å². The molecule has 0 aromatic heterocycles. The second kappa shape index (κ2) is 6.06. The van der Waals surface area contributed by atoms with E-state index in [4.69, 9.17) is 5.73 Å². The number of nitrogens with zero attached hydrogens (tertiary/aromatic N) is 1. The third-order valence-electron chi connectivity index (χ3n) is 4.62. The molecule has 1 aromatic rings. The fraction of sp³-hybridized carbons (Fsp3) is 0.647. The largest absolute Gasteiger partial charge is 0.321 e. The summed E-state index contributed by atoms with van der Waals surface area (Å²) in [4.78, 5) is 2.47. The molecule has 2 heteroatoms. The van der Waals surface area contributed by atoms with Gasteiger partial charge in [-0.15, -0.1) is 0 Å². The number of nitrogens with two attached hydrogens (primary N) is 1. The molecule has 0 spiro atoms. The molecule has 1 aliphatic rings. The summed E-state index contributed by atoms with van der Waals surface area (Å²) in [5, 5.41) is 0. The van der Waals surface area contributed by atoms with Gasteiger partial charge in [0.15, 0.2) is 0 Å².